The Morgan fingerprint density at radius 2 is 2.10 bits per heavy atom. The Morgan fingerprint density at radius 1 is 1.38 bits per heavy atom. The zero-order valence-corrected chi connectivity index (χ0v) is 12.2. The van der Waals surface area contributed by atoms with Crippen LogP contribution in [0.25, 0.3) is 0 Å². The molecule has 2 unspecified atom stereocenters. The summed E-state index contributed by atoms with van der Waals surface area (Å²) in [6, 6.07) is 0. The smallest absolute Gasteiger partial charge is 0.312 e. The number of hydrogen-bond donors (Lipinski definition) is 1. The van der Waals surface area contributed by atoms with Crippen LogP contribution < -0.4 is 0 Å². The van der Waals surface area contributed by atoms with E-state index in [1.807, 2.05) is 0 Å². The van der Waals surface area contributed by atoms with Gasteiger partial charge in [0.2, 0.25) is 0 Å². The Labute approximate surface area is 122 Å². The topological polar surface area (TPSA) is 85.5 Å². The van der Waals surface area contributed by atoms with E-state index in [0.29, 0.717) is 30.0 Å². The summed E-state index contributed by atoms with van der Waals surface area (Å²) in [5.74, 6) is 1.59. The Balaban J connectivity index is 1.49. The second-order valence-electron chi connectivity index (χ2n) is 7.28. The summed E-state index contributed by atoms with van der Waals surface area (Å²) < 4.78 is 10.4. The van der Waals surface area contributed by atoms with Gasteiger partial charge in [0, 0.05) is 0 Å². The molecule has 2 atom stereocenters. The molecular formula is C15H20N2O4. The van der Waals surface area contributed by atoms with Gasteiger partial charge in [-0.3, -0.25) is 4.79 Å². The van der Waals surface area contributed by atoms with Gasteiger partial charge >= 0.3 is 5.97 Å². The van der Waals surface area contributed by atoms with Crippen molar-refractivity contribution in [1.82, 2.24) is 10.1 Å². The minimum Gasteiger partial charge on any atom is -0.455 e. The van der Waals surface area contributed by atoms with Gasteiger partial charge in [-0.1, -0.05) is 5.16 Å². The Morgan fingerprint density at radius 3 is 2.67 bits per heavy atom. The SMILES string of the molecule is Cc1noc(COC(=O)C23CC4CC(CC(O)(C4)C2)C3)n1. The van der Waals surface area contributed by atoms with Gasteiger partial charge in [-0.2, -0.15) is 4.98 Å². The van der Waals surface area contributed by atoms with Crippen LogP contribution in [-0.2, 0) is 16.1 Å². The summed E-state index contributed by atoms with van der Waals surface area (Å²) in [4.78, 5) is 16.6. The van der Waals surface area contributed by atoms with Crippen LogP contribution in [0.4, 0.5) is 0 Å². The number of ether oxygens (including phenoxy) is 1. The van der Waals surface area contributed by atoms with Gasteiger partial charge in [0.15, 0.2) is 12.4 Å². The van der Waals surface area contributed by atoms with Crippen LogP contribution in [0.3, 0.4) is 0 Å². The molecule has 0 saturated heterocycles. The first-order valence-electron chi connectivity index (χ1n) is 7.65. The fraction of sp³-hybridized carbons (Fsp3) is 0.800. The van der Waals surface area contributed by atoms with Gasteiger partial charge in [-0.15, -0.1) is 0 Å². The molecule has 0 aromatic carbocycles. The monoisotopic (exact) mass is 292 g/mol. The fourth-order valence-corrected chi connectivity index (χ4v) is 5.13. The minimum atomic E-state index is -0.649. The maximum atomic E-state index is 12.6. The van der Waals surface area contributed by atoms with Crippen LogP contribution in [0.1, 0.15) is 50.2 Å². The Hall–Kier alpha value is -1.43. The van der Waals surface area contributed by atoms with Gasteiger partial charge in [0.1, 0.15) is 0 Å². The molecule has 0 aliphatic heterocycles. The normalized spacial score (nSPS) is 40.5. The lowest BCUT2D eigenvalue weighted by atomic mass is 9.48. The van der Waals surface area contributed by atoms with Gasteiger partial charge in [-0.05, 0) is 57.3 Å². The maximum absolute atomic E-state index is 12.6. The van der Waals surface area contributed by atoms with Crippen molar-refractivity contribution in [2.24, 2.45) is 17.3 Å². The van der Waals surface area contributed by atoms with Crippen molar-refractivity contribution in [3.8, 4) is 0 Å². The number of hydrogen-bond acceptors (Lipinski definition) is 6. The number of carbonyl (C=O) groups is 1. The maximum Gasteiger partial charge on any atom is 0.312 e. The number of esters is 1. The molecule has 5 rings (SSSR count). The molecule has 1 heterocycles. The molecule has 21 heavy (non-hydrogen) atoms. The van der Waals surface area contributed by atoms with E-state index in [0.717, 1.165) is 32.1 Å². The lowest BCUT2D eigenvalue weighted by molar-refractivity contribution is -0.197. The molecule has 4 fully saturated rings. The highest BCUT2D eigenvalue weighted by atomic mass is 16.6. The number of aromatic nitrogens is 2. The first-order valence-corrected chi connectivity index (χ1v) is 7.65. The van der Waals surface area contributed by atoms with Crippen LogP contribution in [0.2, 0.25) is 0 Å². The second kappa shape index (κ2) is 4.29. The first kappa shape index (κ1) is 13.2. The van der Waals surface area contributed by atoms with E-state index in [9.17, 15) is 9.90 Å². The van der Waals surface area contributed by atoms with Gasteiger partial charge < -0.3 is 14.4 Å². The third-order valence-electron chi connectivity index (χ3n) is 5.36. The largest absolute Gasteiger partial charge is 0.455 e. The van der Waals surface area contributed by atoms with Crippen molar-refractivity contribution in [2.75, 3.05) is 0 Å². The third kappa shape index (κ3) is 2.16. The number of nitrogens with zero attached hydrogens (tertiary/aromatic N) is 2. The van der Waals surface area contributed by atoms with E-state index in [1.165, 1.54) is 0 Å². The standard InChI is InChI=1S/C15H20N2O4/c1-9-16-12(21-17-9)7-20-13(18)14-3-10-2-11(4-14)6-15(19,5-10)8-14/h10-11,19H,2-8H2,1H3. The first-order chi connectivity index (χ1) is 9.96. The molecule has 1 N–H and O–H groups in total. The molecular weight excluding hydrogens is 272 g/mol. The van der Waals surface area contributed by atoms with Crippen molar-refractivity contribution in [2.45, 2.75) is 57.7 Å². The predicted molar refractivity (Wildman–Crippen MR) is 70.9 cm³/mol. The number of carbonyl (C=O) groups excluding carboxylic acids is 1. The highest BCUT2D eigenvalue weighted by molar-refractivity contribution is 5.77. The molecule has 0 radical (unpaired) electrons. The van der Waals surface area contributed by atoms with Crippen LogP contribution in [0.5, 0.6) is 0 Å². The van der Waals surface area contributed by atoms with Crippen molar-refractivity contribution in [3.63, 3.8) is 0 Å². The quantitative estimate of drug-likeness (QED) is 0.854. The molecule has 114 valence electrons. The minimum absolute atomic E-state index is 0.0230. The summed E-state index contributed by atoms with van der Waals surface area (Å²) >= 11 is 0. The highest BCUT2D eigenvalue weighted by Gasteiger charge is 2.60. The van der Waals surface area contributed by atoms with E-state index < -0.39 is 11.0 Å². The summed E-state index contributed by atoms with van der Waals surface area (Å²) in [5, 5.41) is 14.3. The summed E-state index contributed by atoms with van der Waals surface area (Å²) in [6.45, 7) is 1.75. The summed E-state index contributed by atoms with van der Waals surface area (Å²) in [7, 11) is 0. The summed E-state index contributed by atoms with van der Waals surface area (Å²) in [6.07, 6.45) is 5.11. The zero-order chi connectivity index (χ0) is 14.7. The third-order valence-corrected chi connectivity index (χ3v) is 5.36. The van der Waals surface area contributed by atoms with Crippen LogP contribution >= 0.6 is 0 Å². The number of rotatable bonds is 3. The lowest BCUT2D eigenvalue weighted by Crippen LogP contribution is -2.58. The average molecular weight is 292 g/mol. The van der Waals surface area contributed by atoms with E-state index in [4.69, 9.17) is 9.26 Å². The molecule has 6 nitrogen and oxygen atoms in total. The van der Waals surface area contributed by atoms with Crippen LogP contribution in [0, 0.1) is 24.2 Å². The van der Waals surface area contributed by atoms with Crippen molar-refractivity contribution < 1.29 is 19.2 Å². The molecule has 4 aliphatic rings. The van der Waals surface area contributed by atoms with Gasteiger partial charge in [-0.25, -0.2) is 0 Å². The molecule has 6 heteroatoms. The molecule has 4 bridgehead atoms. The van der Waals surface area contributed by atoms with Crippen LogP contribution in [-0.4, -0.2) is 26.8 Å². The Kier molecular flexibility index (Phi) is 2.70. The number of aliphatic hydroxyl groups is 1. The molecule has 0 amide bonds. The fourth-order valence-electron chi connectivity index (χ4n) is 5.13. The van der Waals surface area contributed by atoms with Gasteiger partial charge in [0.05, 0.1) is 11.0 Å². The van der Waals surface area contributed by atoms with Crippen molar-refractivity contribution in [3.05, 3.63) is 11.7 Å². The second-order valence-corrected chi connectivity index (χ2v) is 7.28. The average Bonchev–Trinajstić information content (AvgIpc) is 2.79. The highest BCUT2D eigenvalue weighted by Crippen LogP contribution is 2.61. The van der Waals surface area contributed by atoms with E-state index in [2.05, 4.69) is 10.1 Å². The van der Waals surface area contributed by atoms with Crippen LogP contribution in [0.15, 0.2) is 4.52 Å². The van der Waals surface area contributed by atoms with E-state index in [-0.39, 0.29) is 12.6 Å². The van der Waals surface area contributed by atoms with Crippen molar-refractivity contribution >= 4 is 5.97 Å². The van der Waals surface area contributed by atoms with E-state index >= 15 is 0 Å². The predicted octanol–water partition coefficient (Wildman–Crippen LogP) is 1.75. The van der Waals surface area contributed by atoms with Gasteiger partial charge in [0.25, 0.3) is 5.89 Å². The van der Waals surface area contributed by atoms with E-state index in [1.54, 1.807) is 6.92 Å². The molecule has 0 spiro atoms. The number of aryl methyl sites for hydroxylation is 1. The summed E-state index contributed by atoms with van der Waals surface area (Å²) in [5.41, 5.74) is -1.14. The molecule has 4 aliphatic carbocycles. The molecule has 1 aromatic heterocycles. The Bertz CT molecular complexity index is 568. The lowest BCUT2D eigenvalue weighted by Gasteiger charge is -2.58. The molecule has 1 aromatic rings. The van der Waals surface area contributed by atoms with Crippen molar-refractivity contribution in [1.29, 1.82) is 0 Å². The molecule has 4 saturated carbocycles. The zero-order valence-electron chi connectivity index (χ0n) is 12.2.